The van der Waals surface area contributed by atoms with Crippen molar-refractivity contribution in [2.45, 2.75) is 18.9 Å². The van der Waals surface area contributed by atoms with Crippen LogP contribution in [0, 0.1) is 0 Å². The number of nitrogens with one attached hydrogen (secondary N) is 3. The van der Waals surface area contributed by atoms with Crippen LogP contribution >= 0.6 is 0 Å². The summed E-state index contributed by atoms with van der Waals surface area (Å²) in [6, 6.07) is -0.0508. The van der Waals surface area contributed by atoms with Gasteiger partial charge in [-0.2, -0.15) is 0 Å². The Morgan fingerprint density at radius 2 is 2.62 bits per heavy atom. The third-order valence-corrected chi connectivity index (χ3v) is 2.12. The highest BCUT2D eigenvalue weighted by atomic mass is 16.2. The van der Waals surface area contributed by atoms with E-state index in [-0.39, 0.29) is 11.9 Å². The quantitative estimate of drug-likeness (QED) is 0.604. The van der Waals surface area contributed by atoms with Gasteiger partial charge in [0.1, 0.15) is 0 Å². The van der Waals surface area contributed by atoms with E-state index in [4.69, 9.17) is 0 Å². The van der Waals surface area contributed by atoms with Gasteiger partial charge in [0.05, 0.1) is 6.04 Å². The molecule has 1 aromatic heterocycles. The second-order valence-corrected chi connectivity index (χ2v) is 3.08. The molecule has 70 valence electrons. The van der Waals surface area contributed by atoms with Crippen LogP contribution < -0.4 is 10.6 Å². The van der Waals surface area contributed by atoms with Gasteiger partial charge in [-0.25, -0.2) is 4.98 Å². The smallest absolute Gasteiger partial charge is 0.243 e. The molecule has 1 atom stereocenters. The minimum absolute atomic E-state index is 0.00699. The van der Waals surface area contributed by atoms with Crippen molar-refractivity contribution in [1.29, 1.82) is 0 Å². The Labute approximate surface area is 75.9 Å². The molecule has 1 amide bonds. The van der Waals surface area contributed by atoms with Gasteiger partial charge in [0.15, 0.2) is 0 Å². The summed E-state index contributed by atoms with van der Waals surface area (Å²) in [4.78, 5) is 18.2. The standard InChI is InChI=1S/C8H12N4O/c13-7(6-2-1-3-9-6)12-8-10-4-5-11-8/h4-6,9H,1-3H2,(H2,10,11,12,13). The minimum atomic E-state index is -0.0508. The maximum Gasteiger partial charge on any atom is 0.243 e. The molecular formula is C8H12N4O. The molecule has 0 saturated carbocycles. The summed E-state index contributed by atoms with van der Waals surface area (Å²) in [5, 5.41) is 5.81. The van der Waals surface area contributed by atoms with Crippen molar-refractivity contribution in [2.24, 2.45) is 0 Å². The largest absolute Gasteiger partial charge is 0.331 e. The molecule has 1 fully saturated rings. The summed E-state index contributed by atoms with van der Waals surface area (Å²) in [6.07, 6.45) is 5.26. The van der Waals surface area contributed by atoms with Crippen LogP contribution in [-0.2, 0) is 4.79 Å². The van der Waals surface area contributed by atoms with E-state index in [1.54, 1.807) is 12.4 Å². The number of hydrogen-bond donors (Lipinski definition) is 3. The van der Waals surface area contributed by atoms with Gasteiger partial charge in [-0.05, 0) is 19.4 Å². The Kier molecular flexibility index (Phi) is 2.27. The highest BCUT2D eigenvalue weighted by Crippen LogP contribution is 2.06. The molecule has 0 aliphatic carbocycles. The van der Waals surface area contributed by atoms with E-state index in [1.165, 1.54) is 0 Å². The fourth-order valence-electron chi connectivity index (χ4n) is 1.45. The monoisotopic (exact) mass is 180 g/mol. The Morgan fingerprint density at radius 1 is 1.69 bits per heavy atom. The van der Waals surface area contributed by atoms with Crippen LogP contribution in [0.4, 0.5) is 5.95 Å². The van der Waals surface area contributed by atoms with Crippen molar-refractivity contribution in [3.8, 4) is 0 Å². The molecule has 1 aromatic rings. The van der Waals surface area contributed by atoms with Gasteiger partial charge in [0, 0.05) is 12.4 Å². The summed E-state index contributed by atoms with van der Waals surface area (Å²) in [7, 11) is 0. The molecule has 13 heavy (non-hydrogen) atoms. The molecule has 1 aliphatic heterocycles. The van der Waals surface area contributed by atoms with E-state index in [0.29, 0.717) is 5.95 Å². The van der Waals surface area contributed by atoms with E-state index in [1.807, 2.05) is 0 Å². The van der Waals surface area contributed by atoms with Crippen LogP contribution in [0.25, 0.3) is 0 Å². The summed E-state index contributed by atoms with van der Waals surface area (Å²) >= 11 is 0. The van der Waals surface area contributed by atoms with Crippen molar-refractivity contribution in [3.63, 3.8) is 0 Å². The Hall–Kier alpha value is -1.36. The van der Waals surface area contributed by atoms with Gasteiger partial charge >= 0.3 is 0 Å². The molecular weight excluding hydrogens is 168 g/mol. The Morgan fingerprint density at radius 3 is 3.23 bits per heavy atom. The number of carbonyl (C=O) groups is 1. The highest BCUT2D eigenvalue weighted by molar-refractivity contribution is 5.93. The number of anilines is 1. The maximum absolute atomic E-state index is 11.5. The number of aromatic nitrogens is 2. The second-order valence-electron chi connectivity index (χ2n) is 3.08. The summed E-state index contributed by atoms with van der Waals surface area (Å²) in [6.45, 7) is 0.927. The average molecular weight is 180 g/mol. The van der Waals surface area contributed by atoms with E-state index < -0.39 is 0 Å². The number of imidazole rings is 1. The van der Waals surface area contributed by atoms with Crippen LogP contribution in [0.2, 0.25) is 0 Å². The normalized spacial score (nSPS) is 21.7. The van der Waals surface area contributed by atoms with Gasteiger partial charge in [-0.15, -0.1) is 0 Å². The van der Waals surface area contributed by atoms with Crippen molar-refractivity contribution in [2.75, 3.05) is 11.9 Å². The molecule has 1 aliphatic rings. The van der Waals surface area contributed by atoms with E-state index in [9.17, 15) is 4.79 Å². The lowest BCUT2D eigenvalue weighted by Crippen LogP contribution is -2.35. The van der Waals surface area contributed by atoms with Crippen LogP contribution in [0.1, 0.15) is 12.8 Å². The zero-order chi connectivity index (χ0) is 9.10. The molecule has 5 heteroatoms. The molecule has 5 nitrogen and oxygen atoms in total. The number of nitrogens with zero attached hydrogens (tertiary/aromatic N) is 1. The predicted octanol–water partition coefficient (Wildman–Crippen LogP) is 0.100. The highest BCUT2D eigenvalue weighted by Gasteiger charge is 2.22. The third kappa shape index (κ3) is 1.86. The lowest BCUT2D eigenvalue weighted by Gasteiger charge is -2.08. The van der Waals surface area contributed by atoms with Crippen molar-refractivity contribution < 1.29 is 4.79 Å². The molecule has 3 N–H and O–H groups in total. The molecule has 2 rings (SSSR count). The number of amides is 1. The summed E-state index contributed by atoms with van der Waals surface area (Å²) < 4.78 is 0. The van der Waals surface area contributed by atoms with Crippen LogP contribution in [0.3, 0.4) is 0 Å². The van der Waals surface area contributed by atoms with Gasteiger partial charge in [0.2, 0.25) is 11.9 Å². The van der Waals surface area contributed by atoms with Gasteiger partial charge in [-0.3, -0.25) is 10.1 Å². The van der Waals surface area contributed by atoms with E-state index >= 15 is 0 Å². The number of aromatic amines is 1. The summed E-state index contributed by atoms with van der Waals surface area (Å²) in [5.41, 5.74) is 0. The van der Waals surface area contributed by atoms with Crippen LogP contribution in [0.5, 0.6) is 0 Å². The van der Waals surface area contributed by atoms with Crippen LogP contribution in [-0.4, -0.2) is 28.5 Å². The molecule has 0 bridgehead atoms. The minimum Gasteiger partial charge on any atom is -0.331 e. The number of carbonyl (C=O) groups excluding carboxylic acids is 1. The van der Waals surface area contributed by atoms with Gasteiger partial charge in [0.25, 0.3) is 0 Å². The molecule has 0 spiro atoms. The zero-order valence-electron chi connectivity index (χ0n) is 7.21. The zero-order valence-corrected chi connectivity index (χ0v) is 7.21. The van der Waals surface area contributed by atoms with E-state index in [0.717, 1.165) is 19.4 Å². The SMILES string of the molecule is O=C(Nc1ncc[nH]1)C1CCCN1. The van der Waals surface area contributed by atoms with E-state index in [2.05, 4.69) is 20.6 Å². The molecule has 1 saturated heterocycles. The first kappa shape index (κ1) is 8.25. The fraction of sp³-hybridized carbons (Fsp3) is 0.500. The lowest BCUT2D eigenvalue weighted by molar-refractivity contribution is -0.117. The Bertz CT molecular complexity index is 276. The Balaban J connectivity index is 1.91. The molecule has 1 unspecified atom stereocenters. The number of hydrogen-bond acceptors (Lipinski definition) is 3. The predicted molar refractivity (Wildman–Crippen MR) is 48.2 cm³/mol. The van der Waals surface area contributed by atoms with Crippen molar-refractivity contribution in [1.82, 2.24) is 15.3 Å². The first-order valence-corrected chi connectivity index (χ1v) is 4.40. The first-order valence-electron chi connectivity index (χ1n) is 4.40. The van der Waals surface area contributed by atoms with Gasteiger partial charge < -0.3 is 10.3 Å². The number of rotatable bonds is 2. The topological polar surface area (TPSA) is 69.8 Å². The molecule has 0 radical (unpaired) electrons. The number of H-pyrrole nitrogens is 1. The van der Waals surface area contributed by atoms with Crippen molar-refractivity contribution in [3.05, 3.63) is 12.4 Å². The summed E-state index contributed by atoms with van der Waals surface area (Å²) in [5.74, 6) is 0.506. The maximum atomic E-state index is 11.5. The molecule has 0 aromatic carbocycles. The van der Waals surface area contributed by atoms with Crippen molar-refractivity contribution >= 4 is 11.9 Å². The van der Waals surface area contributed by atoms with Gasteiger partial charge in [-0.1, -0.05) is 0 Å². The lowest BCUT2D eigenvalue weighted by atomic mass is 10.2. The van der Waals surface area contributed by atoms with Crippen LogP contribution in [0.15, 0.2) is 12.4 Å². The fourth-order valence-corrected chi connectivity index (χ4v) is 1.45. The molecule has 2 heterocycles. The second kappa shape index (κ2) is 3.57. The third-order valence-electron chi connectivity index (χ3n) is 2.12. The average Bonchev–Trinajstić information content (AvgIpc) is 2.74. The first-order chi connectivity index (χ1) is 6.36.